The molecule has 5 nitrogen and oxygen atoms in total. The van der Waals surface area contributed by atoms with Crippen LogP contribution in [0.15, 0.2) is 35.3 Å². The van der Waals surface area contributed by atoms with Gasteiger partial charge in [0.25, 0.3) is 0 Å². The quantitative estimate of drug-likeness (QED) is 0.915. The predicted molar refractivity (Wildman–Crippen MR) is 87.9 cm³/mol. The highest BCUT2D eigenvalue weighted by Gasteiger charge is 2.43. The van der Waals surface area contributed by atoms with Crippen LogP contribution in [0.5, 0.6) is 0 Å². The minimum atomic E-state index is -0.283. The normalized spacial score (nSPS) is 30.8. The van der Waals surface area contributed by atoms with Crippen LogP contribution in [0.25, 0.3) is 0 Å². The van der Waals surface area contributed by atoms with Gasteiger partial charge < -0.3 is 19.5 Å². The number of benzene rings is 1. The second kappa shape index (κ2) is 7.00. The second-order valence-corrected chi connectivity index (χ2v) is 6.85. The van der Waals surface area contributed by atoms with Crippen LogP contribution in [-0.2, 0) is 16.1 Å². The van der Waals surface area contributed by atoms with Gasteiger partial charge in [-0.15, -0.1) is 0 Å². The van der Waals surface area contributed by atoms with Crippen LogP contribution < -0.4 is 0 Å². The van der Waals surface area contributed by atoms with Gasteiger partial charge in [0.1, 0.15) is 11.5 Å². The molecule has 120 valence electrons. The minimum absolute atomic E-state index is 0.00822. The molecule has 1 aromatic rings. The van der Waals surface area contributed by atoms with E-state index in [2.05, 4.69) is 0 Å². The van der Waals surface area contributed by atoms with Gasteiger partial charge in [0.05, 0.1) is 25.4 Å². The van der Waals surface area contributed by atoms with Crippen LogP contribution in [0.3, 0.4) is 0 Å². The summed E-state index contributed by atoms with van der Waals surface area (Å²) in [4.78, 5) is 6.70. The third-order valence-electron chi connectivity index (χ3n) is 3.88. The molecule has 1 aromatic carbocycles. The number of amidine groups is 1. The van der Waals surface area contributed by atoms with Crippen molar-refractivity contribution in [2.45, 2.75) is 36.7 Å². The van der Waals surface area contributed by atoms with Crippen molar-refractivity contribution in [3.63, 3.8) is 0 Å². The molecule has 6 heteroatoms. The van der Waals surface area contributed by atoms with E-state index >= 15 is 0 Å². The molecule has 2 aliphatic rings. The summed E-state index contributed by atoms with van der Waals surface area (Å²) in [6, 6.07) is 10.2. The molecule has 0 saturated carbocycles. The van der Waals surface area contributed by atoms with Gasteiger partial charge in [-0.3, -0.25) is 4.99 Å². The lowest BCUT2D eigenvalue weighted by Crippen LogP contribution is -2.46. The smallest absolute Gasteiger partial charge is 0.161 e. The van der Waals surface area contributed by atoms with E-state index < -0.39 is 0 Å². The van der Waals surface area contributed by atoms with Crippen LogP contribution in [0.1, 0.15) is 12.0 Å². The van der Waals surface area contributed by atoms with Crippen LogP contribution >= 0.6 is 11.8 Å². The Morgan fingerprint density at radius 1 is 1.36 bits per heavy atom. The van der Waals surface area contributed by atoms with Crippen molar-refractivity contribution in [1.29, 1.82) is 0 Å². The largest absolute Gasteiger partial charge is 0.394 e. The Hall–Kier alpha value is -1.08. The first-order valence-corrected chi connectivity index (χ1v) is 8.39. The average Bonchev–Trinajstić information content (AvgIpc) is 2.96. The van der Waals surface area contributed by atoms with Crippen LogP contribution in [-0.4, -0.2) is 59.6 Å². The van der Waals surface area contributed by atoms with E-state index in [9.17, 15) is 5.11 Å². The molecule has 1 saturated heterocycles. The van der Waals surface area contributed by atoms with Gasteiger partial charge in [0.2, 0.25) is 0 Å². The van der Waals surface area contributed by atoms with Crippen molar-refractivity contribution < 1.29 is 14.6 Å². The summed E-state index contributed by atoms with van der Waals surface area (Å²) >= 11 is 1.63. The van der Waals surface area contributed by atoms with Crippen molar-refractivity contribution in [2.75, 3.05) is 20.7 Å². The van der Waals surface area contributed by atoms with E-state index in [0.717, 1.165) is 17.2 Å². The van der Waals surface area contributed by atoms with Gasteiger partial charge in [-0.2, -0.15) is 0 Å². The Balaban J connectivity index is 1.63. The summed E-state index contributed by atoms with van der Waals surface area (Å²) in [6.07, 6.45) is 0.374. The maximum absolute atomic E-state index is 9.59. The number of hydrogen-bond donors (Lipinski definition) is 1. The molecule has 0 aliphatic carbocycles. The van der Waals surface area contributed by atoms with Gasteiger partial charge in [-0.25, -0.2) is 0 Å². The highest BCUT2D eigenvalue weighted by atomic mass is 32.2. The molecule has 1 fully saturated rings. The highest BCUT2D eigenvalue weighted by molar-refractivity contribution is 8.14. The molecule has 3 rings (SSSR count). The summed E-state index contributed by atoms with van der Waals surface area (Å²) in [7, 11) is 3.96. The number of ether oxygens (including phenoxy) is 2. The molecule has 22 heavy (non-hydrogen) atoms. The summed E-state index contributed by atoms with van der Waals surface area (Å²) in [6.45, 7) is 0.501. The zero-order valence-corrected chi connectivity index (χ0v) is 13.7. The number of nitrogens with zero attached hydrogens (tertiary/aromatic N) is 2. The first-order chi connectivity index (χ1) is 10.7. The Kier molecular flexibility index (Phi) is 5.03. The van der Waals surface area contributed by atoms with E-state index in [1.807, 2.05) is 49.3 Å². The third kappa shape index (κ3) is 3.46. The van der Waals surface area contributed by atoms with Crippen molar-refractivity contribution in [2.24, 2.45) is 4.99 Å². The first-order valence-electron chi connectivity index (χ1n) is 7.51. The molecular weight excluding hydrogens is 300 g/mol. The zero-order valence-electron chi connectivity index (χ0n) is 12.9. The Morgan fingerprint density at radius 3 is 2.82 bits per heavy atom. The molecular formula is C16H22N2O3S. The van der Waals surface area contributed by atoms with Crippen LogP contribution in [0, 0.1) is 0 Å². The van der Waals surface area contributed by atoms with E-state index in [1.165, 1.54) is 0 Å². The number of aliphatic hydroxyl groups is 1. The van der Waals surface area contributed by atoms with Crippen LogP contribution in [0.4, 0.5) is 0 Å². The van der Waals surface area contributed by atoms with Gasteiger partial charge in [-0.1, -0.05) is 42.1 Å². The lowest BCUT2D eigenvalue weighted by molar-refractivity contribution is -0.140. The van der Waals surface area contributed by atoms with Gasteiger partial charge in [0, 0.05) is 20.5 Å². The van der Waals surface area contributed by atoms with Crippen molar-refractivity contribution in [3.8, 4) is 0 Å². The molecule has 0 radical (unpaired) electrons. The van der Waals surface area contributed by atoms with E-state index in [0.29, 0.717) is 6.61 Å². The van der Waals surface area contributed by atoms with Gasteiger partial charge >= 0.3 is 0 Å². The second-order valence-electron chi connectivity index (χ2n) is 5.79. The SMILES string of the molecule is CN(C)C1=N[C@@H]2C[C@H](OCc3ccccc3)[C@@H](CO)O[C@@H]2S1. The molecule has 0 bridgehead atoms. The minimum Gasteiger partial charge on any atom is -0.394 e. The number of fused-ring (bicyclic) bond motifs is 1. The summed E-state index contributed by atoms with van der Waals surface area (Å²) in [5, 5.41) is 10.6. The van der Waals surface area contributed by atoms with E-state index in [4.69, 9.17) is 14.5 Å². The Bertz CT molecular complexity index is 523. The summed E-state index contributed by atoms with van der Waals surface area (Å²) < 4.78 is 12.0. The fourth-order valence-corrected chi connectivity index (χ4v) is 3.82. The Labute approximate surface area is 135 Å². The summed E-state index contributed by atoms with van der Waals surface area (Å²) in [5.74, 6) is 0. The number of thioether (sulfide) groups is 1. The molecule has 0 amide bonds. The third-order valence-corrected chi connectivity index (χ3v) is 5.22. The fraction of sp³-hybridized carbons (Fsp3) is 0.562. The molecule has 2 heterocycles. The Morgan fingerprint density at radius 2 is 2.14 bits per heavy atom. The number of rotatable bonds is 4. The number of aliphatic imine (C=N–C) groups is 1. The number of hydrogen-bond acceptors (Lipinski definition) is 6. The van der Waals surface area contributed by atoms with Crippen LogP contribution in [0.2, 0.25) is 0 Å². The fourth-order valence-electron chi connectivity index (χ4n) is 2.68. The maximum Gasteiger partial charge on any atom is 0.161 e. The molecule has 0 spiro atoms. The van der Waals surface area contributed by atoms with Crippen molar-refractivity contribution in [3.05, 3.63) is 35.9 Å². The van der Waals surface area contributed by atoms with E-state index in [1.54, 1.807) is 11.8 Å². The van der Waals surface area contributed by atoms with Gasteiger partial charge in [0.15, 0.2) is 5.17 Å². The molecule has 4 atom stereocenters. The summed E-state index contributed by atoms with van der Waals surface area (Å²) in [5.41, 5.74) is 1.12. The average molecular weight is 322 g/mol. The first kappa shape index (κ1) is 15.8. The van der Waals surface area contributed by atoms with Gasteiger partial charge in [-0.05, 0) is 5.56 Å². The standard InChI is InChI=1S/C16H22N2O3S/c1-18(2)16-17-12-8-13(14(9-19)21-15(12)22-16)20-10-11-6-4-3-5-7-11/h3-7,12-15,19H,8-10H2,1-2H3/t12-,13+,14-,15-/m1/s1. The van der Waals surface area contributed by atoms with Crippen molar-refractivity contribution >= 4 is 16.9 Å². The molecule has 0 unspecified atom stereocenters. The lowest BCUT2D eigenvalue weighted by atomic mass is 10.0. The molecule has 0 aromatic heterocycles. The van der Waals surface area contributed by atoms with Crippen molar-refractivity contribution in [1.82, 2.24) is 4.90 Å². The highest BCUT2D eigenvalue weighted by Crippen LogP contribution is 2.37. The maximum atomic E-state index is 9.59. The topological polar surface area (TPSA) is 54.3 Å². The lowest BCUT2D eigenvalue weighted by Gasteiger charge is -2.36. The zero-order chi connectivity index (χ0) is 15.5. The van der Waals surface area contributed by atoms with E-state index in [-0.39, 0.29) is 30.3 Å². The predicted octanol–water partition coefficient (Wildman–Crippen LogP) is 1.71. The molecule has 2 aliphatic heterocycles. The monoisotopic (exact) mass is 322 g/mol. The molecule has 1 N–H and O–H groups in total. The number of aliphatic hydroxyl groups excluding tert-OH is 1.